The lowest BCUT2D eigenvalue weighted by Gasteiger charge is -2.33. The molecule has 1 aromatic carbocycles. The van der Waals surface area contributed by atoms with Crippen molar-refractivity contribution >= 4 is 6.03 Å². The van der Waals surface area contributed by atoms with Gasteiger partial charge in [-0.25, -0.2) is 4.79 Å². The molecule has 0 aliphatic carbocycles. The van der Waals surface area contributed by atoms with E-state index in [1.54, 1.807) is 14.2 Å². The number of hydrogen-bond acceptors (Lipinski definition) is 3. The van der Waals surface area contributed by atoms with Crippen LogP contribution in [0.2, 0.25) is 0 Å². The minimum absolute atomic E-state index is 0.0340. The van der Waals surface area contributed by atoms with Gasteiger partial charge in [0.25, 0.3) is 0 Å². The van der Waals surface area contributed by atoms with Gasteiger partial charge in [-0.3, -0.25) is 0 Å². The Morgan fingerprint density at radius 1 is 1.15 bits per heavy atom. The van der Waals surface area contributed by atoms with E-state index in [0.717, 1.165) is 43.0 Å². The molecule has 26 heavy (non-hydrogen) atoms. The number of benzene rings is 1. The number of methoxy groups -OCH3 is 2. The Balaban J connectivity index is 1.60. The van der Waals surface area contributed by atoms with Gasteiger partial charge in [-0.2, -0.15) is 0 Å². The molecule has 1 atom stereocenters. The molecule has 140 valence electrons. The number of carbonyl (C=O) groups is 1. The predicted octanol–water partition coefficient (Wildman–Crippen LogP) is 3.61. The molecule has 2 amide bonds. The van der Waals surface area contributed by atoms with Crippen LogP contribution >= 0.6 is 0 Å². The molecule has 0 radical (unpaired) electrons. The number of urea groups is 1. The lowest BCUT2D eigenvalue weighted by Crippen LogP contribution is -2.45. The fraction of sp³-hybridized carbons (Fsp3) is 0.450. The second kappa shape index (κ2) is 8.17. The number of likely N-dealkylation sites (tertiary alicyclic amines) is 1. The first-order valence-electron chi connectivity index (χ1n) is 9.02. The van der Waals surface area contributed by atoms with Gasteiger partial charge >= 0.3 is 6.03 Å². The maximum atomic E-state index is 12.7. The van der Waals surface area contributed by atoms with E-state index >= 15 is 0 Å². The summed E-state index contributed by atoms with van der Waals surface area (Å²) in [5.41, 5.74) is 0.905. The second-order valence-corrected chi connectivity index (χ2v) is 6.63. The summed E-state index contributed by atoms with van der Waals surface area (Å²) in [6, 6.07) is 9.97. The molecule has 2 heterocycles. The molecule has 1 N–H and O–H groups in total. The molecular weight excluding hydrogens is 330 g/mol. The summed E-state index contributed by atoms with van der Waals surface area (Å²) in [6.07, 6.45) is 6.13. The summed E-state index contributed by atoms with van der Waals surface area (Å²) in [5, 5.41) is 3.09. The van der Waals surface area contributed by atoms with Gasteiger partial charge in [-0.05, 0) is 50.1 Å². The average Bonchev–Trinajstić information content (AvgIpc) is 3.22. The van der Waals surface area contributed by atoms with Gasteiger partial charge in [0.15, 0.2) is 0 Å². The van der Waals surface area contributed by atoms with Crippen molar-refractivity contribution < 1.29 is 14.3 Å². The predicted molar refractivity (Wildman–Crippen MR) is 101 cm³/mol. The molecule has 2 aromatic rings. The monoisotopic (exact) mass is 357 g/mol. The van der Waals surface area contributed by atoms with Gasteiger partial charge < -0.3 is 24.3 Å². The molecule has 0 spiro atoms. The van der Waals surface area contributed by atoms with E-state index in [-0.39, 0.29) is 12.1 Å². The second-order valence-electron chi connectivity index (χ2n) is 6.63. The van der Waals surface area contributed by atoms with Crippen LogP contribution < -0.4 is 14.8 Å². The molecule has 1 saturated heterocycles. The maximum Gasteiger partial charge on any atom is 0.317 e. The number of rotatable bonds is 5. The summed E-state index contributed by atoms with van der Waals surface area (Å²) in [6.45, 7) is 3.48. The van der Waals surface area contributed by atoms with Crippen LogP contribution in [0.5, 0.6) is 11.5 Å². The van der Waals surface area contributed by atoms with Gasteiger partial charge in [-0.15, -0.1) is 0 Å². The van der Waals surface area contributed by atoms with Crippen molar-refractivity contribution in [3.63, 3.8) is 0 Å². The summed E-state index contributed by atoms with van der Waals surface area (Å²) < 4.78 is 13.0. The number of hydrogen-bond donors (Lipinski definition) is 1. The van der Waals surface area contributed by atoms with Crippen LogP contribution in [0.1, 0.15) is 37.4 Å². The zero-order chi connectivity index (χ0) is 18.5. The van der Waals surface area contributed by atoms with Crippen LogP contribution in [0.4, 0.5) is 4.79 Å². The third kappa shape index (κ3) is 3.95. The first-order valence-corrected chi connectivity index (χ1v) is 9.02. The van der Waals surface area contributed by atoms with Gasteiger partial charge in [-0.1, -0.05) is 0 Å². The van der Waals surface area contributed by atoms with Crippen molar-refractivity contribution in [1.82, 2.24) is 14.8 Å². The summed E-state index contributed by atoms with van der Waals surface area (Å²) in [4.78, 5) is 14.6. The van der Waals surface area contributed by atoms with Crippen molar-refractivity contribution in [1.29, 1.82) is 0 Å². The van der Waals surface area contributed by atoms with E-state index in [2.05, 4.69) is 22.3 Å². The van der Waals surface area contributed by atoms with E-state index in [1.165, 1.54) is 0 Å². The molecule has 3 rings (SSSR count). The largest absolute Gasteiger partial charge is 0.497 e. The summed E-state index contributed by atoms with van der Waals surface area (Å²) >= 11 is 0. The molecule has 1 aliphatic rings. The summed E-state index contributed by atoms with van der Waals surface area (Å²) in [7, 11) is 3.26. The number of aromatic nitrogens is 1. The van der Waals surface area contributed by atoms with Crippen LogP contribution in [-0.2, 0) is 0 Å². The average molecular weight is 357 g/mol. The lowest BCUT2D eigenvalue weighted by molar-refractivity contribution is 0.169. The summed E-state index contributed by atoms with van der Waals surface area (Å²) in [5.74, 6) is 1.49. The minimum atomic E-state index is -0.172. The van der Waals surface area contributed by atoms with Crippen molar-refractivity contribution in [3.8, 4) is 11.5 Å². The van der Waals surface area contributed by atoms with E-state index in [0.29, 0.717) is 6.04 Å². The van der Waals surface area contributed by atoms with Crippen LogP contribution in [0.15, 0.2) is 42.7 Å². The number of ether oxygens (including phenoxy) is 2. The van der Waals surface area contributed by atoms with Crippen LogP contribution in [0, 0.1) is 0 Å². The van der Waals surface area contributed by atoms with Crippen molar-refractivity contribution in [2.75, 3.05) is 27.3 Å². The molecule has 1 aliphatic heterocycles. The Labute approximate surface area is 154 Å². The van der Waals surface area contributed by atoms with E-state index < -0.39 is 0 Å². The topological polar surface area (TPSA) is 55.7 Å². The third-order valence-electron chi connectivity index (χ3n) is 5.04. The normalized spacial score (nSPS) is 16.2. The smallest absolute Gasteiger partial charge is 0.317 e. The lowest BCUT2D eigenvalue weighted by atomic mass is 10.0. The minimum Gasteiger partial charge on any atom is -0.497 e. The van der Waals surface area contributed by atoms with Gasteiger partial charge in [0.1, 0.15) is 11.5 Å². The zero-order valence-electron chi connectivity index (χ0n) is 15.6. The van der Waals surface area contributed by atoms with Gasteiger partial charge in [0, 0.05) is 37.1 Å². The molecular formula is C20H27N3O3. The van der Waals surface area contributed by atoms with E-state index in [1.807, 2.05) is 42.2 Å². The molecule has 1 fully saturated rings. The van der Waals surface area contributed by atoms with Crippen molar-refractivity contribution in [3.05, 3.63) is 48.3 Å². The number of nitrogens with one attached hydrogen (secondary N) is 1. The van der Waals surface area contributed by atoms with E-state index in [9.17, 15) is 4.79 Å². The highest BCUT2D eigenvalue weighted by Crippen LogP contribution is 2.29. The zero-order valence-corrected chi connectivity index (χ0v) is 15.6. The Kier molecular flexibility index (Phi) is 5.71. The third-order valence-corrected chi connectivity index (χ3v) is 5.04. The molecule has 1 aromatic heterocycles. The van der Waals surface area contributed by atoms with Crippen LogP contribution in [0.25, 0.3) is 0 Å². The fourth-order valence-corrected chi connectivity index (χ4v) is 3.49. The quantitative estimate of drug-likeness (QED) is 0.889. The SMILES string of the molecule is COc1ccc(OC)c([C@H](C)NC(=O)N2CCC(n3cccc3)CC2)c1. The Morgan fingerprint density at radius 3 is 2.46 bits per heavy atom. The highest BCUT2D eigenvalue weighted by molar-refractivity contribution is 5.75. The number of nitrogens with zero attached hydrogens (tertiary/aromatic N) is 2. The van der Waals surface area contributed by atoms with Crippen LogP contribution in [-0.4, -0.2) is 42.8 Å². The highest BCUT2D eigenvalue weighted by Gasteiger charge is 2.25. The van der Waals surface area contributed by atoms with Crippen molar-refractivity contribution in [2.45, 2.75) is 31.8 Å². The molecule has 6 nitrogen and oxygen atoms in total. The molecule has 0 bridgehead atoms. The van der Waals surface area contributed by atoms with E-state index in [4.69, 9.17) is 9.47 Å². The van der Waals surface area contributed by atoms with Gasteiger partial charge in [0.2, 0.25) is 0 Å². The van der Waals surface area contributed by atoms with Crippen LogP contribution in [0.3, 0.4) is 0 Å². The number of piperidine rings is 1. The molecule has 6 heteroatoms. The Morgan fingerprint density at radius 2 is 1.85 bits per heavy atom. The Hall–Kier alpha value is -2.63. The standard InChI is InChI=1S/C20H27N3O3/c1-15(18-14-17(25-2)6-7-19(18)26-3)21-20(24)23-12-8-16(9-13-23)22-10-4-5-11-22/h4-7,10-11,14-16H,8-9,12-13H2,1-3H3,(H,21,24)/t15-/m0/s1. The van der Waals surface area contributed by atoms with Gasteiger partial charge in [0.05, 0.1) is 20.3 Å². The van der Waals surface area contributed by atoms with Crippen molar-refractivity contribution in [2.24, 2.45) is 0 Å². The first kappa shape index (κ1) is 18.2. The maximum absolute atomic E-state index is 12.7. The molecule has 0 saturated carbocycles. The Bertz CT molecular complexity index is 722. The first-order chi connectivity index (χ1) is 12.6. The fourth-order valence-electron chi connectivity index (χ4n) is 3.49. The number of carbonyl (C=O) groups excluding carboxylic acids is 1. The molecule has 0 unspecified atom stereocenters. The highest BCUT2D eigenvalue weighted by atomic mass is 16.5. The number of amides is 2.